The van der Waals surface area contributed by atoms with Gasteiger partial charge in [-0.05, 0) is 42.0 Å². The van der Waals surface area contributed by atoms with E-state index in [1.807, 2.05) is 66.7 Å². The van der Waals surface area contributed by atoms with E-state index in [1.54, 1.807) is 0 Å². The number of carbonyl (C=O) groups excluding carboxylic acids is 1. The minimum Gasteiger partial charge on any atom is -0.468 e. The van der Waals surface area contributed by atoms with E-state index in [-0.39, 0.29) is 5.97 Å². The third-order valence-corrected chi connectivity index (χ3v) is 4.09. The molecule has 0 fully saturated rings. The minimum atomic E-state index is -0.546. The number of rotatable bonds is 6. The number of methoxy groups -OCH3 is 1. The SMILES string of the molecule is COC(=O)[C@H](NCc1ccc(-c2ccc(Cl)cc2)o1)c1ccccc1. The maximum absolute atomic E-state index is 12.1. The van der Waals surface area contributed by atoms with Crippen molar-refractivity contribution in [3.63, 3.8) is 0 Å². The molecule has 1 heterocycles. The lowest BCUT2D eigenvalue weighted by Gasteiger charge is -2.16. The molecule has 0 spiro atoms. The first-order valence-electron chi connectivity index (χ1n) is 7.88. The number of esters is 1. The van der Waals surface area contributed by atoms with Crippen LogP contribution in [0.5, 0.6) is 0 Å². The topological polar surface area (TPSA) is 51.5 Å². The van der Waals surface area contributed by atoms with E-state index in [4.69, 9.17) is 20.8 Å². The van der Waals surface area contributed by atoms with Crippen molar-refractivity contribution in [3.8, 4) is 11.3 Å². The van der Waals surface area contributed by atoms with Gasteiger partial charge in [-0.2, -0.15) is 0 Å². The molecule has 5 heteroatoms. The summed E-state index contributed by atoms with van der Waals surface area (Å²) in [6.07, 6.45) is 0. The van der Waals surface area contributed by atoms with Crippen molar-refractivity contribution in [3.05, 3.63) is 83.1 Å². The molecule has 0 unspecified atom stereocenters. The molecule has 0 aliphatic carbocycles. The third-order valence-electron chi connectivity index (χ3n) is 3.84. The molecule has 0 aliphatic rings. The molecule has 4 nitrogen and oxygen atoms in total. The summed E-state index contributed by atoms with van der Waals surface area (Å²) in [5, 5.41) is 3.87. The monoisotopic (exact) mass is 355 g/mol. The number of ether oxygens (including phenoxy) is 1. The molecular formula is C20H18ClNO3. The lowest BCUT2D eigenvalue weighted by Crippen LogP contribution is -2.29. The molecule has 0 saturated heterocycles. The molecule has 0 radical (unpaired) electrons. The van der Waals surface area contributed by atoms with E-state index in [1.165, 1.54) is 7.11 Å². The maximum Gasteiger partial charge on any atom is 0.327 e. The van der Waals surface area contributed by atoms with Crippen molar-refractivity contribution in [2.24, 2.45) is 0 Å². The summed E-state index contributed by atoms with van der Waals surface area (Å²) in [4.78, 5) is 12.1. The van der Waals surface area contributed by atoms with Crippen molar-refractivity contribution in [2.45, 2.75) is 12.6 Å². The van der Waals surface area contributed by atoms with Gasteiger partial charge in [0.1, 0.15) is 17.6 Å². The van der Waals surface area contributed by atoms with Gasteiger partial charge in [0.25, 0.3) is 0 Å². The van der Waals surface area contributed by atoms with Gasteiger partial charge in [-0.3, -0.25) is 5.32 Å². The summed E-state index contributed by atoms with van der Waals surface area (Å²) in [7, 11) is 1.38. The second-order valence-electron chi connectivity index (χ2n) is 5.52. The van der Waals surface area contributed by atoms with Gasteiger partial charge in [0.2, 0.25) is 0 Å². The zero-order valence-corrected chi connectivity index (χ0v) is 14.5. The Morgan fingerprint density at radius 2 is 1.80 bits per heavy atom. The molecule has 25 heavy (non-hydrogen) atoms. The number of carbonyl (C=O) groups is 1. The molecule has 0 saturated carbocycles. The van der Waals surface area contributed by atoms with Crippen molar-refractivity contribution in [2.75, 3.05) is 7.11 Å². The maximum atomic E-state index is 12.1. The average molecular weight is 356 g/mol. The highest BCUT2D eigenvalue weighted by molar-refractivity contribution is 6.30. The summed E-state index contributed by atoms with van der Waals surface area (Å²) in [6, 6.07) is 20.1. The zero-order valence-electron chi connectivity index (χ0n) is 13.7. The van der Waals surface area contributed by atoms with E-state index < -0.39 is 6.04 Å². The van der Waals surface area contributed by atoms with E-state index >= 15 is 0 Å². The fourth-order valence-corrected chi connectivity index (χ4v) is 2.67. The lowest BCUT2D eigenvalue weighted by atomic mass is 10.1. The van der Waals surface area contributed by atoms with Crippen LogP contribution in [-0.4, -0.2) is 13.1 Å². The fraction of sp³-hybridized carbons (Fsp3) is 0.150. The third kappa shape index (κ3) is 4.29. The van der Waals surface area contributed by atoms with E-state index in [9.17, 15) is 4.79 Å². The van der Waals surface area contributed by atoms with Gasteiger partial charge < -0.3 is 9.15 Å². The molecule has 1 aromatic heterocycles. The van der Waals surface area contributed by atoms with Crippen LogP contribution in [0.3, 0.4) is 0 Å². The predicted molar refractivity (Wildman–Crippen MR) is 97.2 cm³/mol. The first-order chi connectivity index (χ1) is 12.2. The molecule has 0 bridgehead atoms. The second kappa shape index (κ2) is 8.01. The molecule has 0 aliphatic heterocycles. The zero-order chi connectivity index (χ0) is 17.6. The molecule has 2 aromatic carbocycles. The molecular weight excluding hydrogens is 338 g/mol. The van der Waals surface area contributed by atoms with Crippen LogP contribution in [-0.2, 0) is 16.1 Å². The number of hydrogen-bond donors (Lipinski definition) is 1. The van der Waals surface area contributed by atoms with Gasteiger partial charge in [-0.15, -0.1) is 0 Å². The predicted octanol–water partition coefficient (Wildman–Crippen LogP) is 4.60. The van der Waals surface area contributed by atoms with Crippen molar-refractivity contribution in [1.82, 2.24) is 5.32 Å². The fourth-order valence-electron chi connectivity index (χ4n) is 2.55. The summed E-state index contributed by atoms with van der Waals surface area (Å²) < 4.78 is 10.7. The van der Waals surface area contributed by atoms with Gasteiger partial charge in [-0.1, -0.05) is 41.9 Å². The largest absolute Gasteiger partial charge is 0.468 e. The normalized spacial score (nSPS) is 11.9. The number of halogens is 1. The Bertz CT molecular complexity index is 828. The van der Waals surface area contributed by atoms with Crippen molar-refractivity contribution in [1.29, 1.82) is 0 Å². The van der Waals surface area contributed by atoms with Crippen LogP contribution in [0.1, 0.15) is 17.4 Å². The van der Waals surface area contributed by atoms with E-state index in [2.05, 4.69) is 5.32 Å². The quantitative estimate of drug-likeness (QED) is 0.656. The molecule has 1 N–H and O–H groups in total. The van der Waals surface area contributed by atoms with Crippen LogP contribution in [0.25, 0.3) is 11.3 Å². The van der Waals surface area contributed by atoms with Crippen LogP contribution in [0.4, 0.5) is 0 Å². The first-order valence-corrected chi connectivity index (χ1v) is 8.26. The smallest absolute Gasteiger partial charge is 0.327 e. The number of benzene rings is 2. The Labute approximate surface area is 151 Å². The van der Waals surface area contributed by atoms with Crippen LogP contribution < -0.4 is 5.32 Å². The summed E-state index contributed by atoms with van der Waals surface area (Å²) in [5.41, 5.74) is 1.79. The molecule has 3 rings (SSSR count). The second-order valence-corrected chi connectivity index (χ2v) is 5.96. The van der Waals surface area contributed by atoms with Gasteiger partial charge >= 0.3 is 5.97 Å². The van der Waals surface area contributed by atoms with E-state index in [0.717, 1.165) is 22.6 Å². The van der Waals surface area contributed by atoms with Crippen LogP contribution in [0, 0.1) is 0 Å². The van der Waals surface area contributed by atoms with Crippen LogP contribution in [0.2, 0.25) is 5.02 Å². The van der Waals surface area contributed by atoms with Crippen molar-refractivity contribution >= 4 is 17.6 Å². The number of nitrogens with one attached hydrogen (secondary N) is 1. The highest BCUT2D eigenvalue weighted by Gasteiger charge is 2.21. The van der Waals surface area contributed by atoms with Gasteiger partial charge in [0.05, 0.1) is 13.7 Å². The van der Waals surface area contributed by atoms with Crippen LogP contribution >= 0.6 is 11.6 Å². The Morgan fingerprint density at radius 3 is 2.48 bits per heavy atom. The van der Waals surface area contributed by atoms with Gasteiger partial charge in [0.15, 0.2) is 0 Å². The lowest BCUT2D eigenvalue weighted by molar-refractivity contribution is -0.143. The Kier molecular flexibility index (Phi) is 5.53. The van der Waals surface area contributed by atoms with Gasteiger partial charge in [0, 0.05) is 10.6 Å². The van der Waals surface area contributed by atoms with Crippen molar-refractivity contribution < 1.29 is 13.9 Å². The number of hydrogen-bond acceptors (Lipinski definition) is 4. The standard InChI is InChI=1S/C20H18ClNO3/c1-24-20(23)19(15-5-3-2-4-6-15)22-13-17-11-12-18(25-17)14-7-9-16(21)10-8-14/h2-12,19,22H,13H2,1H3/t19-/m1/s1. The Hall–Kier alpha value is -2.56. The van der Waals surface area contributed by atoms with Gasteiger partial charge in [-0.25, -0.2) is 4.79 Å². The highest BCUT2D eigenvalue weighted by atomic mass is 35.5. The van der Waals surface area contributed by atoms with Crippen LogP contribution in [0.15, 0.2) is 71.1 Å². The van der Waals surface area contributed by atoms with E-state index in [0.29, 0.717) is 11.6 Å². The highest BCUT2D eigenvalue weighted by Crippen LogP contribution is 2.24. The summed E-state index contributed by atoms with van der Waals surface area (Å²) >= 11 is 5.91. The molecule has 1 atom stereocenters. The minimum absolute atomic E-state index is 0.337. The Morgan fingerprint density at radius 1 is 1.08 bits per heavy atom. The number of furan rings is 1. The first kappa shape index (κ1) is 17.3. The summed E-state index contributed by atoms with van der Waals surface area (Å²) in [5.74, 6) is 1.15. The molecule has 0 amide bonds. The summed E-state index contributed by atoms with van der Waals surface area (Å²) in [6.45, 7) is 0.405. The Balaban J connectivity index is 1.71. The molecule has 128 valence electrons. The molecule has 3 aromatic rings. The average Bonchev–Trinajstić information content (AvgIpc) is 3.12.